The van der Waals surface area contributed by atoms with Gasteiger partial charge >= 0.3 is 5.97 Å². The molecule has 0 aromatic carbocycles. The molecule has 0 aliphatic rings. The Balaban J connectivity index is 2.15. The molecule has 6 heteroatoms. The van der Waals surface area contributed by atoms with Crippen molar-refractivity contribution in [1.82, 2.24) is 10.2 Å². The van der Waals surface area contributed by atoms with E-state index < -0.39 is 11.4 Å². The Morgan fingerprint density at radius 1 is 1.40 bits per heavy atom. The lowest BCUT2D eigenvalue weighted by Gasteiger charge is -2.19. The zero-order valence-electron chi connectivity index (χ0n) is 12.1. The molecule has 1 N–H and O–H groups in total. The van der Waals surface area contributed by atoms with Gasteiger partial charge in [0, 0.05) is 11.3 Å². The van der Waals surface area contributed by atoms with Crippen molar-refractivity contribution in [3.63, 3.8) is 0 Å². The van der Waals surface area contributed by atoms with Crippen molar-refractivity contribution in [3.8, 4) is 10.8 Å². The number of thiophene rings is 1. The van der Waals surface area contributed by atoms with E-state index in [1.165, 1.54) is 10.4 Å². The first-order valence-electron chi connectivity index (χ1n) is 6.38. The quantitative estimate of drug-likeness (QED) is 0.913. The predicted octanol–water partition coefficient (Wildman–Crippen LogP) is 3.46. The molecule has 108 valence electrons. The van der Waals surface area contributed by atoms with E-state index in [2.05, 4.69) is 17.1 Å². The molecule has 2 aromatic heterocycles. The van der Waals surface area contributed by atoms with E-state index in [9.17, 15) is 4.79 Å². The number of aliphatic carboxylic acids is 1. The maximum absolute atomic E-state index is 10.8. The average Bonchev–Trinajstić information content (AvgIpc) is 2.84. The number of carboxylic acids is 1. The molecule has 0 saturated carbocycles. The molecule has 2 aromatic rings. The third kappa shape index (κ3) is 3.45. The van der Waals surface area contributed by atoms with Gasteiger partial charge in [-0.2, -0.15) is 0 Å². The fraction of sp³-hybridized carbons (Fsp3) is 0.500. The lowest BCUT2D eigenvalue weighted by atomic mass is 9.86. The highest BCUT2D eigenvalue weighted by Crippen LogP contribution is 2.31. The van der Waals surface area contributed by atoms with Crippen molar-refractivity contribution >= 4 is 17.3 Å². The second-order valence-electron chi connectivity index (χ2n) is 5.76. The maximum Gasteiger partial charge on any atom is 0.303 e. The van der Waals surface area contributed by atoms with Gasteiger partial charge in [-0.15, -0.1) is 21.5 Å². The summed E-state index contributed by atoms with van der Waals surface area (Å²) in [5, 5.41) is 17.0. The standard InChI is InChI=1S/C14H18N2O3S/c1-8-5-10(20-9(8)2)13-16-15-11(19-13)6-14(3,4)7-12(17)18/h5H,6-7H2,1-4H3,(H,17,18). The van der Waals surface area contributed by atoms with Gasteiger partial charge < -0.3 is 9.52 Å². The van der Waals surface area contributed by atoms with Crippen LogP contribution in [0.2, 0.25) is 0 Å². The van der Waals surface area contributed by atoms with Crippen molar-refractivity contribution in [1.29, 1.82) is 0 Å². The first-order valence-corrected chi connectivity index (χ1v) is 7.20. The highest BCUT2D eigenvalue weighted by Gasteiger charge is 2.25. The van der Waals surface area contributed by atoms with Crippen LogP contribution in [0.15, 0.2) is 10.5 Å². The Bertz CT molecular complexity index is 609. The van der Waals surface area contributed by atoms with E-state index in [1.54, 1.807) is 11.3 Å². The molecule has 0 saturated heterocycles. The van der Waals surface area contributed by atoms with E-state index in [0.29, 0.717) is 18.2 Å². The summed E-state index contributed by atoms with van der Waals surface area (Å²) in [6, 6.07) is 2.03. The topological polar surface area (TPSA) is 76.2 Å². The molecule has 0 fully saturated rings. The summed E-state index contributed by atoms with van der Waals surface area (Å²) in [6.45, 7) is 7.86. The number of carbonyl (C=O) groups is 1. The van der Waals surface area contributed by atoms with E-state index in [-0.39, 0.29) is 6.42 Å². The van der Waals surface area contributed by atoms with Crippen molar-refractivity contribution in [2.45, 2.75) is 40.5 Å². The van der Waals surface area contributed by atoms with Gasteiger partial charge in [0.1, 0.15) is 0 Å². The fourth-order valence-corrected chi connectivity index (χ4v) is 2.94. The molecule has 0 atom stereocenters. The Morgan fingerprint density at radius 3 is 2.65 bits per heavy atom. The average molecular weight is 294 g/mol. The molecule has 0 unspecified atom stereocenters. The highest BCUT2D eigenvalue weighted by atomic mass is 32.1. The normalized spacial score (nSPS) is 11.8. The van der Waals surface area contributed by atoms with Crippen molar-refractivity contribution in [2.24, 2.45) is 5.41 Å². The Kier molecular flexibility index (Phi) is 3.94. The van der Waals surface area contributed by atoms with Crippen LogP contribution in [0, 0.1) is 19.3 Å². The predicted molar refractivity (Wildman–Crippen MR) is 76.8 cm³/mol. The molecular weight excluding hydrogens is 276 g/mol. The molecule has 0 spiro atoms. The minimum atomic E-state index is -0.820. The van der Waals surface area contributed by atoms with Crippen LogP contribution in [0.25, 0.3) is 10.8 Å². The van der Waals surface area contributed by atoms with Gasteiger partial charge in [-0.25, -0.2) is 0 Å². The van der Waals surface area contributed by atoms with Gasteiger partial charge in [-0.3, -0.25) is 4.79 Å². The van der Waals surface area contributed by atoms with E-state index in [1.807, 2.05) is 26.8 Å². The first-order chi connectivity index (χ1) is 9.27. The minimum Gasteiger partial charge on any atom is -0.481 e. The van der Waals surface area contributed by atoms with Crippen LogP contribution in [0.3, 0.4) is 0 Å². The van der Waals surface area contributed by atoms with Gasteiger partial charge in [0.25, 0.3) is 5.89 Å². The van der Waals surface area contributed by atoms with Crippen molar-refractivity contribution in [3.05, 3.63) is 22.4 Å². The molecule has 0 radical (unpaired) electrons. The van der Waals surface area contributed by atoms with Gasteiger partial charge in [0.2, 0.25) is 5.89 Å². The molecule has 2 rings (SSSR count). The molecule has 5 nitrogen and oxygen atoms in total. The highest BCUT2D eigenvalue weighted by molar-refractivity contribution is 7.15. The Hall–Kier alpha value is -1.69. The molecule has 0 amide bonds. The molecule has 0 aliphatic heterocycles. The molecule has 0 aliphatic carbocycles. The van der Waals surface area contributed by atoms with Crippen LogP contribution < -0.4 is 0 Å². The van der Waals surface area contributed by atoms with Crippen molar-refractivity contribution in [2.75, 3.05) is 0 Å². The lowest BCUT2D eigenvalue weighted by molar-refractivity contribution is -0.139. The van der Waals surface area contributed by atoms with Gasteiger partial charge in [-0.05, 0) is 30.9 Å². The second-order valence-corrected chi connectivity index (χ2v) is 7.02. The van der Waals surface area contributed by atoms with Crippen LogP contribution in [-0.2, 0) is 11.2 Å². The lowest BCUT2D eigenvalue weighted by Crippen LogP contribution is -2.19. The summed E-state index contributed by atoms with van der Waals surface area (Å²) in [6.07, 6.45) is 0.525. The number of nitrogens with zero attached hydrogens (tertiary/aromatic N) is 2. The van der Waals surface area contributed by atoms with E-state index >= 15 is 0 Å². The first kappa shape index (κ1) is 14.7. The van der Waals surface area contributed by atoms with Crippen LogP contribution in [0.1, 0.15) is 36.6 Å². The number of hydrogen-bond donors (Lipinski definition) is 1. The van der Waals surface area contributed by atoms with Gasteiger partial charge in [-0.1, -0.05) is 13.8 Å². The van der Waals surface area contributed by atoms with E-state index in [4.69, 9.17) is 9.52 Å². The second kappa shape index (κ2) is 5.36. The Morgan fingerprint density at radius 2 is 2.10 bits per heavy atom. The zero-order chi connectivity index (χ0) is 14.9. The fourth-order valence-electron chi connectivity index (χ4n) is 1.98. The number of aromatic nitrogens is 2. The number of aryl methyl sites for hydroxylation is 2. The summed E-state index contributed by atoms with van der Waals surface area (Å²) in [5.74, 6) is 0.168. The minimum absolute atomic E-state index is 0.0714. The summed E-state index contributed by atoms with van der Waals surface area (Å²) in [4.78, 5) is 13.0. The molecule has 2 heterocycles. The van der Waals surface area contributed by atoms with Gasteiger partial charge in [0.05, 0.1) is 11.3 Å². The molecule has 20 heavy (non-hydrogen) atoms. The monoisotopic (exact) mass is 294 g/mol. The SMILES string of the molecule is Cc1cc(-c2nnc(CC(C)(C)CC(=O)O)o2)sc1C. The Labute approximate surface area is 121 Å². The summed E-state index contributed by atoms with van der Waals surface area (Å²) in [7, 11) is 0. The maximum atomic E-state index is 10.8. The third-order valence-corrected chi connectivity index (χ3v) is 4.24. The molecule has 0 bridgehead atoms. The largest absolute Gasteiger partial charge is 0.481 e. The molecular formula is C14H18N2O3S. The summed E-state index contributed by atoms with van der Waals surface area (Å²) >= 11 is 1.62. The number of rotatable bonds is 5. The van der Waals surface area contributed by atoms with Gasteiger partial charge in [0.15, 0.2) is 0 Å². The van der Waals surface area contributed by atoms with Crippen molar-refractivity contribution < 1.29 is 14.3 Å². The number of carboxylic acid groups (broad SMARTS) is 1. The summed E-state index contributed by atoms with van der Waals surface area (Å²) < 4.78 is 5.65. The zero-order valence-corrected chi connectivity index (χ0v) is 12.9. The van der Waals surface area contributed by atoms with E-state index in [0.717, 1.165) is 4.88 Å². The van der Waals surface area contributed by atoms with Crippen LogP contribution in [0.4, 0.5) is 0 Å². The summed E-state index contributed by atoms with van der Waals surface area (Å²) in [5.41, 5.74) is 0.799. The van der Waals surface area contributed by atoms with Crippen LogP contribution in [0.5, 0.6) is 0 Å². The third-order valence-electron chi connectivity index (χ3n) is 3.10. The van der Waals surface area contributed by atoms with Crippen LogP contribution >= 0.6 is 11.3 Å². The van der Waals surface area contributed by atoms with Crippen LogP contribution in [-0.4, -0.2) is 21.3 Å². The number of hydrogen-bond acceptors (Lipinski definition) is 5. The smallest absolute Gasteiger partial charge is 0.303 e.